The Balaban J connectivity index is 1.14. The molecule has 5 heteroatoms. The lowest BCUT2D eigenvalue weighted by Gasteiger charge is -2.16. The molecule has 0 amide bonds. The largest absolute Gasteiger partial charge is 0.456 e. The van der Waals surface area contributed by atoms with E-state index in [0.29, 0.717) is 0 Å². The molecule has 0 atom stereocenters. The monoisotopic (exact) mass is 830 g/mol. The van der Waals surface area contributed by atoms with Crippen LogP contribution in [0.2, 0.25) is 0 Å². The first-order chi connectivity index (χ1) is 32.2. The van der Waals surface area contributed by atoms with Gasteiger partial charge in [0.2, 0.25) is 0 Å². The summed E-state index contributed by atoms with van der Waals surface area (Å²) in [4.78, 5) is 0. The maximum absolute atomic E-state index is 6.68. The van der Waals surface area contributed by atoms with Crippen LogP contribution >= 0.6 is 0 Å². The molecule has 0 aliphatic heterocycles. The van der Waals surface area contributed by atoms with Crippen LogP contribution in [-0.2, 0) is 0 Å². The summed E-state index contributed by atoms with van der Waals surface area (Å²) in [5.41, 5.74) is 15.0. The maximum Gasteiger partial charge on any atom is 0.135 e. The predicted molar refractivity (Wildman–Crippen MR) is 271 cm³/mol. The maximum atomic E-state index is 6.68. The van der Waals surface area contributed by atoms with Gasteiger partial charge < -0.3 is 22.7 Å². The van der Waals surface area contributed by atoms with Crippen LogP contribution < -0.4 is 0 Å². The minimum Gasteiger partial charge on any atom is -0.456 e. The minimum atomic E-state index is 0.847. The molecule has 4 aromatic heterocycles. The molecule has 0 saturated heterocycles. The number of hydrogen-bond acceptors (Lipinski definition) is 1. The molecule has 0 unspecified atom stereocenters. The van der Waals surface area contributed by atoms with E-state index in [0.717, 1.165) is 88.6 Å². The zero-order chi connectivity index (χ0) is 42.6. The highest BCUT2D eigenvalue weighted by Crippen LogP contribution is 2.40. The fourth-order valence-electron chi connectivity index (χ4n) is 10.6. The quantitative estimate of drug-likeness (QED) is 0.174. The molecule has 304 valence electrons. The van der Waals surface area contributed by atoms with Gasteiger partial charge >= 0.3 is 0 Å². The Labute approximate surface area is 372 Å². The summed E-state index contributed by atoms with van der Waals surface area (Å²) in [6, 6.07) is 83.7. The Morgan fingerprint density at radius 3 is 1.42 bits per heavy atom. The molecule has 0 aliphatic carbocycles. The van der Waals surface area contributed by atoms with Crippen molar-refractivity contribution in [1.82, 2.24) is 18.3 Å². The van der Waals surface area contributed by atoms with E-state index in [-0.39, 0.29) is 0 Å². The second-order valence-corrected chi connectivity index (χ2v) is 17.0. The van der Waals surface area contributed by atoms with Gasteiger partial charge in [-0.25, -0.2) is 0 Å². The third-order valence-electron chi connectivity index (χ3n) is 13.4. The van der Waals surface area contributed by atoms with Crippen LogP contribution in [0.3, 0.4) is 0 Å². The van der Waals surface area contributed by atoms with Crippen molar-refractivity contribution in [2.75, 3.05) is 0 Å². The van der Waals surface area contributed by atoms with E-state index in [1.807, 2.05) is 0 Å². The number of aromatic nitrogens is 4. The number of rotatable bonds is 4. The second-order valence-electron chi connectivity index (χ2n) is 17.0. The van der Waals surface area contributed by atoms with Gasteiger partial charge in [0.15, 0.2) is 0 Å². The highest BCUT2D eigenvalue weighted by atomic mass is 16.3. The van der Waals surface area contributed by atoms with Gasteiger partial charge in [-0.3, -0.25) is 0 Å². The second kappa shape index (κ2) is 13.9. The van der Waals surface area contributed by atoms with Crippen LogP contribution in [0.1, 0.15) is 0 Å². The van der Waals surface area contributed by atoms with E-state index in [9.17, 15) is 0 Å². The van der Waals surface area contributed by atoms with Crippen molar-refractivity contribution in [3.05, 3.63) is 231 Å². The van der Waals surface area contributed by atoms with Crippen LogP contribution in [0.15, 0.2) is 235 Å². The smallest absolute Gasteiger partial charge is 0.135 e. The minimum absolute atomic E-state index is 0.847. The first-order valence-corrected chi connectivity index (χ1v) is 22.2. The summed E-state index contributed by atoms with van der Waals surface area (Å²) in [6.07, 6.45) is 0. The first kappa shape index (κ1) is 35.8. The summed E-state index contributed by atoms with van der Waals surface area (Å²) in [6.45, 7) is 0. The van der Waals surface area contributed by atoms with E-state index < -0.39 is 0 Å². The molecule has 0 spiro atoms. The number of hydrogen-bond donors (Lipinski definition) is 0. The third kappa shape index (κ3) is 5.33. The molecule has 14 aromatic rings. The highest BCUT2D eigenvalue weighted by molar-refractivity contribution is 6.15. The van der Waals surface area contributed by atoms with E-state index in [1.54, 1.807) is 0 Å². The Morgan fingerprint density at radius 2 is 0.754 bits per heavy atom. The van der Waals surface area contributed by atoms with E-state index in [1.165, 1.54) is 32.6 Å². The van der Waals surface area contributed by atoms with E-state index in [2.05, 4.69) is 249 Å². The molecule has 65 heavy (non-hydrogen) atoms. The molecule has 0 radical (unpaired) electrons. The van der Waals surface area contributed by atoms with Gasteiger partial charge in [0.25, 0.3) is 0 Å². The number of para-hydroxylation sites is 5. The van der Waals surface area contributed by atoms with Crippen LogP contribution in [0.4, 0.5) is 0 Å². The van der Waals surface area contributed by atoms with Gasteiger partial charge in [-0.1, -0.05) is 115 Å². The standard InChI is InChI=1S/C60H38N4O/c1-3-17-41(18-4-1)63-53-27-10-8-24-49(53)59-54(28-14-29-55(59)63)61-43-21-11-15-39(35-43)40-16-12-22-44(36-40)62(46-32-34-58-51(38-46)50-37-45(61)31-33-57(50)65-58)56-30-13-25-48-47-23-7-9-26-52(47)64(60(48)56)42-19-5-2-6-20-42/h1-38H. The van der Waals surface area contributed by atoms with Crippen molar-refractivity contribution >= 4 is 98.4 Å². The normalized spacial score (nSPS) is 12.0. The average molecular weight is 831 g/mol. The van der Waals surface area contributed by atoms with Gasteiger partial charge in [0, 0.05) is 65.8 Å². The molecule has 10 aromatic carbocycles. The predicted octanol–water partition coefficient (Wildman–Crippen LogP) is 15.9. The molecular formula is C60H38N4O. The lowest BCUT2D eigenvalue weighted by Crippen LogP contribution is -2.02. The summed E-state index contributed by atoms with van der Waals surface area (Å²) >= 11 is 0. The Hall–Kier alpha value is -8.80. The van der Waals surface area contributed by atoms with Crippen LogP contribution in [0.5, 0.6) is 0 Å². The summed E-state index contributed by atoms with van der Waals surface area (Å²) in [5.74, 6) is 0. The van der Waals surface area contributed by atoms with Crippen molar-refractivity contribution in [2.45, 2.75) is 0 Å². The van der Waals surface area contributed by atoms with Gasteiger partial charge in [0.1, 0.15) is 11.2 Å². The number of fused-ring (bicyclic) bond motifs is 13. The Morgan fingerprint density at radius 1 is 0.277 bits per heavy atom. The summed E-state index contributed by atoms with van der Waals surface area (Å²) in [7, 11) is 0. The first-order valence-electron chi connectivity index (χ1n) is 22.2. The van der Waals surface area contributed by atoms with Crippen molar-refractivity contribution in [3.8, 4) is 22.7 Å². The Bertz CT molecular complexity index is 4290. The molecule has 0 saturated carbocycles. The van der Waals surface area contributed by atoms with Crippen molar-refractivity contribution in [2.24, 2.45) is 0 Å². The topological polar surface area (TPSA) is 32.9 Å². The Kier molecular flexibility index (Phi) is 7.62. The van der Waals surface area contributed by atoms with Crippen molar-refractivity contribution in [1.29, 1.82) is 0 Å². The molecule has 0 fully saturated rings. The fourth-order valence-corrected chi connectivity index (χ4v) is 10.6. The zero-order valence-electron chi connectivity index (χ0n) is 35.1. The van der Waals surface area contributed by atoms with Gasteiger partial charge in [-0.15, -0.1) is 0 Å². The lowest BCUT2D eigenvalue weighted by molar-refractivity contribution is 0.669. The van der Waals surface area contributed by atoms with E-state index >= 15 is 0 Å². The molecule has 0 N–H and O–H groups in total. The van der Waals surface area contributed by atoms with Gasteiger partial charge in [-0.05, 0) is 126 Å². The molecule has 5 nitrogen and oxygen atoms in total. The summed E-state index contributed by atoms with van der Waals surface area (Å²) in [5, 5.41) is 9.18. The van der Waals surface area contributed by atoms with Gasteiger partial charge in [-0.2, -0.15) is 0 Å². The SMILES string of the molecule is c1ccc(-n2c3ccccc3c3c(-n4c5cccc(c5)c5cccc(c5)n(-c5cccc6c7ccccc7n(-c7ccccc7)c56)c5ccc6oc7ccc4cc7c6c5)cccc32)cc1. The van der Waals surface area contributed by atoms with Crippen molar-refractivity contribution in [3.63, 3.8) is 0 Å². The molecule has 4 heterocycles. The van der Waals surface area contributed by atoms with Crippen LogP contribution in [0.25, 0.3) is 121 Å². The number of benzene rings is 10. The van der Waals surface area contributed by atoms with E-state index in [4.69, 9.17) is 4.42 Å². The fraction of sp³-hybridized carbons (Fsp3) is 0. The molecule has 8 bridgehead atoms. The van der Waals surface area contributed by atoms with Gasteiger partial charge in [0.05, 0.1) is 33.4 Å². The number of nitrogens with zero attached hydrogens (tertiary/aromatic N) is 4. The molecular weight excluding hydrogens is 793 g/mol. The molecule has 14 rings (SSSR count). The third-order valence-corrected chi connectivity index (χ3v) is 13.4. The van der Waals surface area contributed by atoms with Crippen molar-refractivity contribution < 1.29 is 4.42 Å². The summed E-state index contributed by atoms with van der Waals surface area (Å²) < 4.78 is 16.3. The highest BCUT2D eigenvalue weighted by Gasteiger charge is 2.20. The molecule has 0 aliphatic rings. The average Bonchev–Trinajstić information content (AvgIpc) is 4.03. The zero-order valence-corrected chi connectivity index (χ0v) is 35.1. The van der Waals surface area contributed by atoms with Crippen LogP contribution in [-0.4, -0.2) is 18.3 Å². The lowest BCUT2D eigenvalue weighted by atomic mass is 10.1. The van der Waals surface area contributed by atoms with Crippen LogP contribution in [0, 0.1) is 0 Å². The number of furan rings is 1.